The summed E-state index contributed by atoms with van der Waals surface area (Å²) in [4.78, 5) is 15.8. The van der Waals surface area contributed by atoms with E-state index in [2.05, 4.69) is 20.8 Å². The molecule has 2 rings (SSSR count). The van der Waals surface area contributed by atoms with Crippen molar-refractivity contribution < 1.29 is 9.32 Å². The third kappa shape index (κ3) is 4.57. The van der Waals surface area contributed by atoms with Crippen LogP contribution in [-0.4, -0.2) is 22.7 Å². The highest BCUT2D eigenvalue weighted by Crippen LogP contribution is 2.15. The lowest BCUT2D eigenvalue weighted by atomic mass is 10.1. The van der Waals surface area contributed by atoms with Gasteiger partial charge in [0.1, 0.15) is 0 Å². The van der Waals surface area contributed by atoms with Gasteiger partial charge >= 0.3 is 6.03 Å². The molecule has 7 nitrogen and oxygen atoms in total. The van der Waals surface area contributed by atoms with Gasteiger partial charge in [-0.3, -0.25) is 0 Å². The van der Waals surface area contributed by atoms with E-state index >= 15 is 0 Å². The van der Waals surface area contributed by atoms with Crippen LogP contribution in [0.25, 0.3) is 0 Å². The first-order chi connectivity index (χ1) is 10.0. The van der Waals surface area contributed by atoms with Gasteiger partial charge in [-0.15, -0.1) is 0 Å². The van der Waals surface area contributed by atoms with Gasteiger partial charge < -0.3 is 20.9 Å². The van der Waals surface area contributed by atoms with E-state index in [9.17, 15) is 4.79 Å². The Hall–Kier alpha value is -2.41. The van der Waals surface area contributed by atoms with E-state index in [-0.39, 0.29) is 12.1 Å². The van der Waals surface area contributed by atoms with Crippen LogP contribution >= 0.6 is 0 Å². The molecule has 0 saturated heterocycles. The van der Waals surface area contributed by atoms with Gasteiger partial charge in [0.05, 0.1) is 0 Å². The van der Waals surface area contributed by atoms with Gasteiger partial charge in [-0.1, -0.05) is 17.3 Å². The molecule has 0 aliphatic rings. The van der Waals surface area contributed by atoms with Crippen LogP contribution in [0, 0.1) is 6.92 Å². The third-order valence-corrected chi connectivity index (χ3v) is 2.86. The second kappa shape index (κ2) is 6.85. The van der Waals surface area contributed by atoms with E-state index in [1.807, 2.05) is 31.2 Å². The van der Waals surface area contributed by atoms with Crippen molar-refractivity contribution in [1.29, 1.82) is 0 Å². The predicted octanol–water partition coefficient (Wildman–Crippen LogP) is 1.76. The number of carbonyl (C=O) groups excluding carboxylic acids is 1. The van der Waals surface area contributed by atoms with E-state index in [0.29, 0.717) is 30.4 Å². The number of hydrogen-bond acceptors (Lipinski definition) is 5. The van der Waals surface area contributed by atoms with Crippen molar-refractivity contribution >= 4 is 11.7 Å². The maximum absolute atomic E-state index is 11.8. The van der Waals surface area contributed by atoms with Gasteiger partial charge in [-0.05, 0) is 31.5 Å². The number of aryl methyl sites for hydroxylation is 1. The van der Waals surface area contributed by atoms with E-state index in [1.165, 1.54) is 0 Å². The molecule has 2 amide bonds. The Kier molecular flexibility index (Phi) is 4.89. The summed E-state index contributed by atoms with van der Waals surface area (Å²) in [5.41, 5.74) is 7.48. The molecule has 0 aliphatic carbocycles. The Morgan fingerprint density at radius 1 is 1.48 bits per heavy atom. The molecule has 0 aliphatic heterocycles. The van der Waals surface area contributed by atoms with E-state index < -0.39 is 0 Å². The first-order valence-corrected chi connectivity index (χ1v) is 6.74. The molecule has 0 fully saturated rings. The summed E-state index contributed by atoms with van der Waals surface area (Å²) in [5, 5.41) is 9.17. The number of hydrogen-bond donors (Lipinski definition) is 3. The quantitative estimate of drug-likeness (QED) is 0.777. The second-order valence-corrected chi connectivity index (χ2v) is 4.78. The second-order valence-electron chi connectivity index (χ2n) is 4.78. The Bertz CT molecular complexity index is 609. The number of rotatable bonds is 5. The fraction of sp³-hybridized carbons (Fsp3) is 0.357. The molecule has 0 radical (unpaired) electrons. The maximum Gasteiger partial charge on any atom is 0.319 e. The van der Waals surface area contributed by atoms with Crippen LogP contribution in [0.2, 0.25) is 0 Å². The number of aromatic nitrogens is 2. The molecular weight excluding hydrogens is 270 g/mol. The van der Waals surface area contributed by atoms with Crippen LogP contribution in [0.15, 0.2) is 28.8 Å². The van der Waals surface area contributed by atoms with Gasteiger partial charge in [0.25, 0.3) is 0 Å². The van der Waals surface area contributed by atoms with Gasteiger partial charge in [0, 0.05) is 24.7 Å². The molecule has 7 heteroatoms. The Balaban J connectivity index is 1.80. The fourth-order valence-corrected chi connectivity index (χ4v) is 1.80. The highest BCUT2D eigenvalue weighted by molar-refractivity contribution is 5.89. The normalized spacial score (nSPS) is 12.0. The van der Waals surface area contributed by atoms with E-state index in [1.54, 1.807) is 6.92 Å². The van der Waals surface area contributed by atoms with Crippen molar-refractivity contribution in [3.8, 4) is 0 Å². The zero-order chi connectivity index (χ0) is 15.2. The highest BCUT2D eigenvalue weighted by atomic mass is 16.5. The average Bonchev–Trinajstić information content (AvgIpc) is 2.84. The number of anilines is 1. The SMILES string of the molecule is Cc1noc(CCNC(=O)Nc2cccc(C(C)N)c2)n1. The largest absolute Gasteiger partial charge is 0.339 e. The summed E-state index contributed by atoms with van der Waals surface area (Å²) in [7, 11) is 0. The first kappa shape index (κ1) is 15.0. The smallest absolute Gasteiger partial charge is 0.319 e. The lowest BCUT2D eigenvalue weighted by molar-refractivity contribution is 0.252. The minimum Gasteiger partial charge on any atom is -0.339 e. The van der Waals surface area contributed by atoms with Crippen LogP contribution < -0.4 is 16.4 Å². The standard InChI is InChI=1S/C14H19N5O2/c1-9(15)11-4-3-5-12(8-11)18-14(20)16-7-6-13-17-10(2)19-21-13/h3-5,8-9H,6-7,15H2,1-2H3,(H2,16,18,20). The Labute approximate surface area is 122 Å². The molecule has 1 atom stereocenters. The van der Waals surface area contributed by atoms with Crippen LogP contribution in [0.3, 0.4) is 0 Å². The van der Waals surface area contributed by atoms with E-state index in [0.717, 1.165) is 5.56 Å². The Morgan fingerprint density at radius 3 is 2.95 bits per heavy atom. The number of nitrogens with zero attached hydrogens (tertiary/aromatic N) is 2. The lowest BCUT2D eigenvalue weighted by Gasteiger charge is -2.10. The monoisotopic (exact) mass is 289 g/mol. The third-order valence-electron chi connectivity index (χ3n) is 2.86. The molecule has 112 valence electrons. The number of urea groups is 1. The molecular formula is C14H19N5O2. The van der Waals surface area contributed by atoms with Crippen molar-refractivity contribution in [2.75, 3.05) is 11.9 Å². The Morgan fingerprint density at radius 2 is 2.29 bits per heavy atom. The lowest BCUT2D eigenvalue weighted by Crippen LogP contribution is -2.30. The molecule has 1 aromatic heterocycles. The minimum absolute atomic E-state index is 0.0735. The summed E-state index contributed by atoms with van der Waals surface area (Å²) in [5.74, 6) is 1.09. The van der Waals surface area contributed by atoms with Crippen molar-refractivity contribution in [1.82, 2.24) is 15.5 Å². The number of carbonyl (C=O) groups is 1. The topological polar surface area (TPSA) is 106 Å². The van der Waals surface area contributed by atoms with Gasteiger partial charge in [0.15, 0.2) is 5.82 Å². The molecule has 2 aromatic rings. The molecule has 1 unspecified atom stereocenters. The molecule has 4 N–H and O–H groups in total. The molecule has 1 aromatic carbocycles. The molecule has 1 heterocycles. The summed E-state index contributed by atoms with van der Waals surface area (Å²) >= 11 is 0. The minimum atomic E-state index is -0.284. The van der Waals surface area contributed by atoms with Crippen molar-refractivity contribution in [3.63, 3.8) is 0 Å². The van der Waals surface area contributed by atoms with Crippen LogP contribution in [0.5, 0.6) is 0 Å². The zero-order valence-electron chi connectivity index (χ0n) is 12.1. The number of nitrogens with two attached hydrogens (primary N) is 1. The van der Waals surface area contributed by atoms with Gasteiger partial charge in [-0.25, -0.2) is 4.79 Å². The molecule has 0 saturated carbocycles. The predicted molar refractivity (Wildman–Crippen MR) is 78.8 cm³/mol. The van der Waals surface area contributed by atoms with E-state index in [4.69, 9.17) is 10.3 Å². The fourth-order valence-electron chi connectivity index (χ4n) is 1.80. The van der Waals surface area contributed by atoms with Crippen LogP contribution in [-0.2, 0) is 6.42 Å². The van der Waals surface area contributed by atoms with Crippen molar-refractivity contribution in [2.24, 2.45) is 5.73 Å². The summed E-state index contributed by atoms with van der Waals surface area (Å²) in [6.07, 6.45) is 0.494. The van der Waals surface area contributed by atoms with Crippen LogP contribution in [0.4, 0.5) is 10.5 Å². The number of amides is 2. The molecule has 0 bridgehead atoms. The maximum atomic E-state index is 11.8. The molecule has 21 heavy (non-hydrogen) atoms. The van der Waals surface area contributed by atoms with Gasteiger partial charge in [-0.2, -0.15) is 4.98 Å². The van der Waals surface area contributed by atoms with Crippen molar-refractivity contribution in [3.05, 3.63) is 41.5 Å². The van der Waals surface area contributed by atoms with Crippen LogP contribution in [0.1, 0.15) is 30.2 Å². The number of benzene rings is 1. The van der Waals surface area contributed by atoms with Crippen molar-refractivity contribution in [2.45, 2.75) is 26.3 Å². The van der Waals surface area contributed by atoms with Gasteiger partial charge in [0.2, 0.25) is 5.89 Å². The summed E-state index contributed by atoms with van der Waals surface area (Å²) in [6.45, 7) is 4.06. The summed E-state index contributed by atoms with van der Waals surface area (Å²) < 4.78 is 4.96. The zero-order valence-corrected chi connectivity index (χ0v) is 12.1. The highest BCUT2D eigenvalue weighted by Gasteiger charge is 2.06. The number of nitrogens with one attached hydrogen (secondary N) is 2. The summed E-state index contributed by atoms with van der Waals surface area (Å²) in [6, 6.07) is 7.09. The molecule has 0 spiro atoms. The average molecular weight is 289 g/mol. The first-order valence-electron chi connectivity index (χ1n) is 6.74.